The van der Waals surface area contributed by atoms with Gasteiger partial charge < -0.3 is 15.7 Å². The van der Waals surface area contributed by atoms with Crippen molar-refractivity contribution in [3.8, 4) is 0 Å². The summed E-state index contributed by atoms with van der Waals surface area (Å²) in [4.78, 5) is 28.8. The number of primary amides is 1. The average molecular weight is 412 g/mol. The van der Waals surface area contributed by atoms with Crippen LogP contribution in [0.2, 0.25) is 0 Å². The third kappa shape index (κ3) is 3.48. The van der Waals surface area contributed by atoms with Crippen LogP contribution in [0.15, 0.2) is 30.3 Å². The van der Waals surface area contributed by atoms with Crippen LogP contribution in [0.5, 0.6) is 0 Å². The summed E-state index contributed by atoms with van der Waals surface area (Å²) in [5.74, 6) is -0.674. The first-order valence-corrected chi connectivity index (χ1v) is 10.3. The van der Waals surface area contributed by atoms with Gasteiger partial charge in [-0.1, -0.05) is 35.5 Å². The Morgan fingerprint density at radius 1 is 1.27 bits per heavy atom. The maximum atomic E-state index is 13.3. The molecule has 1 aromatic carbocycles. The van der Waals surface area contributed by atoms with E-state index in [2.05, 4.69) is 10.3 Å². The number of aliphatic hydroxyl groups excluding tert-OH is 1. The van der Waals surface area contributed by atoms with Gasteiger partial charge in [0.1, 0.15) is 6.04 Å². The number of aromatic nitrogens is 3. The SMILES string of the molecule is Cc1c(C(=O)N2CCCC23CN([C@H](C(N)=O)[C@@H](C)O)C3)nnn1Cc1ccccc1. The fourth-order valence-corrected chi connectivity index (χ4v) is 4.81. The minimum Gasteiger partial charge on any atom is -0.391 e. The Morgan fingerprint density at radius 3 is 2.60 bits per heavy atom. The van der Waals surface area contributed by atoms with Crippen molar-refractivity contribution >= 4 is 11.8 Å². The lowest BCUT2D eigenvalue weighted by Crippen LogP contribution is -2.73. The third-order valence-corrected chi connectivity index (χ3v) is 6.34. The molecule has 160 valence electrons. The summed E-state index contributed by atoms with van der Waals surface area (Å²) in [6.45, 7) is 5.67. The van der Waals surface area contributed by atoms with Crippen molar-refractivity contribution in [2.45, 2.75) is 50.9 Å². The number of benzene rings is 1. The van der Waals surface area contributed by atoms with Crippen LogP contribution >= 0.6 is 0 Å². The number of carbonyl (C=O) groups is 2. The Bertz CT molecular complexity index is 935. The molecule has 1 spiro atoms. The predicted octanol–water partition coefficient (Wildman–Crippen LogP) is 0.160. The second-order valence-corrected chi connectivity index (χ2v) is 8.44. The molecule has 9 heteroatoms. The molecule has 0 bridgehead atoms. The predicted molar refractivity (Wildman–Crippen MR) is 110 cm³/mol. The molecule has 3 heterocycles. The molecule has 9 nitrogen and oxygen atoms in total. The highest BCUT2D eigenvalue weighted by atomic mass is 16.3. The summed E-state index contributed by atoms with van der Waals surface area (Å²) >= 11 is 0. The number of likely N-dealkylation sites (tertiary alicyclic amines) is 2. The van der Waals surface area contributed by atoms with Gasteiger partial charge >= 0.3 is 0 Å². The molecule has 2 atom stereocenters. The van der Waals surface area contributed by atoms with E-state index in [4.69, 9.17) is 5.73 Å². The van der Waals surface area contributed by atoms with Crippen LogP contribution in [0, 0.1) is 6.92 Å². The molecule has 2 aromatic rings. The van der Waals surface area contributed by atoms with E-state index in [0.717, 1.165) is 24.1 Å². The monoisotopic (exact) mass is 412 g/mol. The molecular weight excluding hydrogens is 384 g/mol. The van der Waals surface area contributed by atoms with Gasteiger partial charge in [0.15, 0.2) is 5.69 Å². The van der Waals surface area contributed by atoms with Crippen LogP contribution in [0.25, 0.3) is 0 Å². The summed E-state index contributed by atoms with van der Waals surface area (Å²) < 4.78 is 1.74. The molecular formula is C21H28N6O3. The number of hydrogen-bond donors (Lipinski definition) is 2. The maximum absolute atomic E-state index is 13.3. The Morgan fingerprint density at radius 2 is 1.97 bits per heavy atom. The van der Waals surface area contributed by atoms with Crippen molar-refractivity contribution in [2.24, 2.45) is 5.73 Å². The van der Waals surface area contributed by atoms with E-state index < -0.39 is 18.1 Å². The van der Waals surface area contributed by atoms with Gasteiger partial charge in [0.25, 0.3) is 5.91 Å². The standard InChI is InChI=1S/C21H28N6O3/c1-14-17(23-24-27(14)11-16-7-4-3-5-8-16)20(30)26-10-6-9-21(26)12-25(13-21)18(15(2)28)19(22)29/h3-5,7-8,15,18,28H,6,9-13H2,1-2H3,(H2,22,29)/t15-,18+/m1/s1. The molecule has 4 rings (SSSR count). The lowest BCUT2D eigenvalue weighted by molar-refractivity contribution is -0.135. The van der Waals surface area contributed by atoms with Crippen LogP contribution in [-0.4, -0.2) is 79.0 Å². The normalized spacial score (nSPS) is 20.2. The van der Waals surface area contributed by atoms with E-state index in [-0.39, 0.29) is 11.4 Å². The zero-order chi connectivity index (χ0) is 21.5. The minimum atomic E-state index is -0.856. The number of carbonyl (C=O) groups excluding carboxylic acids is 2. The van der Waals surface area contributed by atoms with Crippen molar-refractivity contribution in [3.63, 3.8) is 0 Å². The van der Waals surface area contributed by atoms with Gasteiger partial charge in [0, 0.05) is 19.6 Å². The average Bonchev–Trinajstić information content (AvgIpc) is 3.26. The van der Waals surface area contributed by atoms with Gasteiger partial charge in [-0.05, 0) is 32.3 Å². The summed E-state index contributed by atoms with van der Waals surface area (Å²) in [6.07, 6.45) is 0.898. The Labute approximate surface area is 175 Å². The highest BCUT2D eigenvalue weighted by Gasteiger charge is 2.55. The minimum absolute atomic E-state index is 0.128. The van der Waals surface area contributed by atoms with Gasteiger partial charge in [0.05, 0.1) is 23.9 Å². The number of hydrogen-bond acceptors (Lipinski definition) is 6. The molecule has 0 unspecified atom stereocenters. The van der Waals surface area contributed by atoms with Crippen molar-refractivity contribution in [1.29, 1.82) is 0 Å². The van der Waals surface area contributed by atoms with Crippen molar-refractivity contribution in [3.05, 3.63) is 47.3 Å². The Kier molecular flexibility index (Phi) is 5.33. The lowest BCUT2D eigenvalue weighted by atomic mass is 9.84. The summed E-state index contributed by atoms with van der Waals surface area (Å²) in [7, 11) is 0. The molecule has 0 radical (unpaired) electrons. The molecule has 2 amide bonds. The summed E-state index contributed by atoms with van der Waals surface area (Å²) in [5, 5.41) is 18.3. The smallest absolute Gasteiger partial charge is 0.276 e. The summed E-state index contributed by atoms with van der Waals surface area (Å²) in [6, 6.07) is 9.19. The van der Waals surface area contributed by atoms with E-state index in [1.165, 1.54) is 0 Å². The second kappa shape index (κ2) is 7.81. The van der Waals surface area contributed by atoms with Crippen LogP contribution in [0.3, 0.4) is 0 Å². The van der Waals surface area contributed by atoms with Crippen LogP contribution in [0.4, 0.5) is 0 Å². The van der Waals surface area contributed by atoms with Crippen molar-refractivity contribution in [1.82, 2.24) is 24.8 Å². The van der Waals surface area contributed by atoms with Gasteiger partial charge in [-0.25, -0.2) is 4.68 Å². The topological polar surface area (TPSA) is 118 Å². The molecule has 0 aliphatic carbocycles. The number of nitrogens with two attached hydrogens (primary N) is 1. The van der Waals surface area contributed by atoms with E-state index in [1.807, 2.05) is 47.1 Å². The van der Waals surface area contributed by atoms with Crippen LogP contribution < -0.4 is 5.73 Å². The van der Waals surface area contributed by atoms with Gasteiger partial charge in [-0.3, -0.25) is 14.5 Å². The fraction of sp³-hybridized carbons (Fsp3) is 0.524. The quantitative estimate of drug-likeness (QED) is 0.698. The Balaban J connectivity index is 1.49. The highest BCUT2D eigenvalue weighted by Crippen LogP contribution is 2.40. The third-order valence-electron chi connectivity index (χ3n) is 6.34. The first kappa shape index (κ1) is 20.5. The van der Waals surface area contributed by atoms with Crippen molar-refractivity contribution < 1.29 is 14.7 Å². The Hall–Kier alpha value is -2.78. The van der Waals surface area contributed by atoms with Crippen LogP contribution in [0.1, 0.15) is 41.5 Å². The van der Waals surface area contributed by atoms with Crippen LogP contribution in [-0.2, 0) is 11.3 Å². The summed E-state index contributed by atoms with van der Waals surface area (Å²) in [5.41, 5.74) is 7.32. The molecule has 3 N–H and O–H groups in total. The number of nitrogens with zero attached hydrogens (tertiary/aromatic N) is 5. The van der Waals surface area contributed by atoms with Gasteiger partial charge in [-0.2, -0.15) is 0 Å². The van der Waals surface area contributed by atoms with E-state index in [0.29, 0.717) is 31.9 Å². The van der Waals surface area contributed by atoms with Crippen molar-refractivity contribution in [2.75, 3.05) is 19.6 Å². The zero-order valence-electron chi connectivity index (χ0n) is 17.4. The molecule has 0 saturated carbocycles. The second-order valence-electron chi connectivity index (χ2n) is 8.44. The highest BCUT2D eigenvalue weighted by molar-refractivity contribution is 5.94. The van der Waals surface area contributed by atoms with Gasteiger partial charge in [-0.15, -0.1) is 5.10 Å². The molecule has 2 aliphatic heterocycles. The molecule has 2 aliphatic rings. The van der Waals surface area contributed by atoms with E-state index in [1.54, 1.807) is 11.6 Å². The lowest BCUT2D eigenvalue weighted by Gasteiger charge is -2.55. The molecule has 2 fully saturated rings. The molecule has 1 aromatic heterocycles. The number of rotatable bonds is 6. The zero-order valence-corrected chi connectivity index (χ0v) is 17.4. The first-order chi connectivity index (χ1) is 14.3. The fourth-order valence-electron chi connectivity index (χ4n) is 4.81. The number of aliphatic hydroxyl groups is 1. The van der Waals surface area contributed by atoms with E-state index in [9.17, 15) is 14.7 Å². The number of amides is 2. The molecule has 2 saturated heterocycles. The first-order valence-electron chi connectivity index (χ1n) is 10.3. The van der Waals surface area contributed by atoms with Gasteiger partial charge in [0.2, 0.25) is 5.91 Å². The van der Waals surface area contributed by atoms with E-state index >= 15 is 0 Å². The maximum Gasteiger partial charge on any atom is 0.276 e. The largest absolute Gasteiger partial charge is 0.391 e. The molecule has 30 heavy (non-hydrogen) atoms.